The molecular weight excluding hydrogens is 330 g/mol. The average molecular weight is 362 g/mol. The summed E-state index contributed by atoms with van der Waals surface area (Å²) in [7, 11) is 4.05. The Labute approximate surface area is 156 Å². The largest absolute Gasteiger partial charge is 0.455 e. The number of ether oxygens (including phenoxy) is 1. The summed E-state index contributed by atoms with van der Waals surface area (Å²) in [5.41, 5.74) is 2.39. The van der Waals surface area contributed by atoms with E-state index >= 15 is 0 Å². The van der Waals surface area contributed by atoms with Crippen molar-refractivity contribution in [2.24, 2.45) is 5.92 Å². The molecule has 0 bridgehead atoms. The molecular formula is C20H32N3O3+. The van der Waals surface area contributed by atoms with E-state index in [1.165, 1.54) is 23.3 Å². The predicted octanol–water partition coefficient (Wildman–Crippen LogP) is 0.788. The van der Waals surface area contributed by atoms with E-state index in [1.807, 2.05) is 14.1 Å². The number of hydrogen-bond acceptors (Lipinski definition) is 4. The van der Waals surface area contributed by atoms with Gasteiger partial charge in [0.1, 0.15) is 6.04 Å². The molecule has 1 aliphatic heterocycles. The number of carbonyl (C=O) groups is 2. The molecule has 0 saturated carbocycles. The fourth-order valence-electron chi connectivity index (χ4n) is 3.25. The van der Waals surface area contributed by atoms with Crippen molar-refractivity contribution in [3.8, 4) is 0 Å². The van der Waals surface area contributed by atoms with Crippen molar-refractivity contribution in [2.75, 3.05) is 45.2 Å². The summed E-state index contributed by atoms with van der Waals surface area (Å²) >= 11 is 0. The lowest BCUT2D eigenvalue weighted by Gasteiger charge is -2.26. The van der Waals surface area contributed by atoms with Crippen molar-refractivity contribution in [2.45, 2.75) is 32.7 Å². The van der Waals surface area contributed by atoms with Crippen LogP contribution in [0, 0.1) is 5.92 Å². The van der Waals surface area contributed by atoms with Crippen LogP contribution >= 0.6 is 0 Å². The number of benzene rings is 1. The van der Waals surface area contributed by atoms with E-state index in [0.717, 1.165) is 18.8 Å². The van der Waals surface area contributed by atoms with E-state index in [9.17, 15) is 9.59 Å². The van der Waals surface area contributed by atoms with Gasteiger partial charge in [0.05, 0.1) is 25.6 Å². The Kier molecular flexibility index (Phi) is 7.45. The quantitative estimate of drug-likeness (QED) is 0.671. The molecule has 2 rings (SSSR count). The van der Waals surface area contributed by atoms with Gasteiger partial charge in [0.2, 0.25) is 0 Å². The van der Waals surface area contributed by atoms with Gasteiger partial charge >= 0.3 is 5.97 Å². The summed E-state index contributed by atoms with van der Waals surface area (Å²) in [5, 5.41) is 2.94. The summed E-state index contributed by atoms with van der Waals surface area (Å²) < 4.78 is 5.01. The van der Waals surface area contributed by atoms with E-state index in [-0.39, 0.29) is 30.4 Å². The smallest absolute Gasteiger partial charge is 0.308 e. The maximum atomic E-state index is 12.1. The second-order valence-corrected chi connectivity index (χ2v) is 7.47. The van der Waals surface area contributed by atoms with Crippen molar-refractivity contribution in [3.05, 3.63) is 29.8 Å². The zero-order chi connectivity index (χ0) is 19.1. The van der Waals surface area contributed by atoms with Crippen LogP contribution in [-0.2, 0) is 14.3 Å². The summed E-state index contributed by atoms with van der Waals surface area (Å²) in [5.74, 6) is -0.812. The maximum Gasteiger partial charge on any atom is 0.308 e. The number of rotatable bonds is 8. The van der Waals surface area contributed by atoms with Gasteiger partial charge in [-0.25, -0.2) is 0 Å². The molecule has 1 amide bonds. The zero-order valence-corrected chi connectivity index (χ0v) is 16.4. The van der Waals surface area contributed by atoms with Crippen LogP contribution in [0.15, 0.2) is 24.3 Å². The molecule has 0 unspecified atom stereocenters. The standard InChI is InChI=1S/C20H31N3O3/c1-15(2)20(25)26-14-19(24)21-13-18(23-11-5-6-12-23)16-7-9-17(10-8-16)22(3)4/h7-10,15,18H,5-6,11-14H2,1-4H3,(H,21,24)/p+1/t18-/m1/s1. The first-order chi connectivity index (χ1) is 12.4. The highest BCUT2D eigenvalue weighted by molar-refractivity contribution is 5.81. The predicted molar refractivity (Wildman–Crippen MR) is 102 cm³/mol. The Morgan fingerprint density at radius 2 is 1.77 bits per heavy atom. The fraction of sp³-hybridized carbons (Fsp3) is 0.600. The molecule has 0 radical (unpaired) electrons. The second-order valence-electron chi connectivity index (χ2n) is 7.47. The van der Waals surface area contributed by atoms with Crippen LogP contribution in [0.4, 0.5) is 5.69 Å². The lowest BCUT2D eigenvalue weighted by Crippen LogP contribution is -3.11. The van der Waals surface area contributed by atoms with Crippen molar-refractivity contribution >= 4 is 17.6 Å². The van der Waals surface area contributed by atoms with Crippen molar-refractivity contribution in [1.82, 2.24) is 5.32 Å². The molecule has 26 heavy (non-hydrogen) atoms. The Hall–Kier alpha value is -2.08. The minimum absolute atomic E-state index is 0.210. The highest BCUT2D eigenvalue weighted by Crippen LogP contribution is 2.17. The normalized spacial score (nSPS) is 15.7. The molecule has 6 nitrogen and oxygen atoms in total. The van der Waals surface area contributed by atoms with E-state index in [0.29, 0.717) is 6.54 Å². The average Bonchev–Trinajstić information content (AvgIpc) is 3.14. The number of amides is 1. The lowest BCUT2D eigenvalue weighted by atomic mass is 10.0. The van der Waals surface area contributed by atoms with Gasteiger partial charge in [0, 0.05) is 38.2 Å². The van der Waals surface area contributed by atoms with Gasteiger partial charge in [-0.3, -0.25) is 9.59 Å². The number of carbonyl (C=O) groups excluding carboxylic acids is 2. The molecule has 144 valence electrons. The molecule has 2 N–H and O–H groups in total. The van der Waals surface area contributed by atoms with Crippen LogP contribution in [0.5, 0.6) is 0 Å². The van der Waals surface area contributed by atoms with Gasteiger partial charge < -0.3 is 19.9 Å². The van der Waals surface area contributed by atoms with Crippen molar-refractivity contribution in [1.29, 1.82) is 0 Å². The number of hydrogen-bond donors (Lipinski definition) is 2. The van der Waals surface area contributed by atoms with Crippen LogP contribution in [0.3, 0.4) is 0 Å². The SMILES string of the molecule is CC(C)C(=O)OCC(=O)NC[C@H](c1ccc(N(C)C)cc1)[NH+]1CCCC1. The molecule has 0 aliphatic carbocycles. The third kappa shape index (κ3) is 5.73. The molecule has 1 aromatic carbocycles. The van der Waals surface area contributed by atoms with Gasteiger partial charge in [-0.1, -0.05) is 26.0 Å². The molecule has 6 heteroatoms. The Morgan fingerprint density at radius 1 is 1.15 bits per heavy atom. The minimum atomic E-state index is -0.346. The number of likely N-dealkylation sites (tertiary alicyclic amines) is 1. The lowest BCUT2D eigenvalue weighted by molar-refractivity contribution is -0.918. The van der Waals surface area contributed by atoms with Gasteiger partial charge in [-0.05, 0) is 12.1 Å². The van der Waals surface area contributed by atoms with Crippen molar-refractivity contribution in [3.63, 3.8) is 0 Å². The number of nitrogens with zero attached hydrogens (tertiary/aromatic N) is 1. The van der Waals surface area contributed by atoms with Crippen LogP contribution in [0.1, 0.15) is 38.3 Å². The summed E-state index contributed by atoms with van der Waals surface area (Å²) in [6, 6.07) is 8.75. The third-order valence-electron chi connectivity index (χ3n) is 4.87. The minimum Gasteiger partial charge on any atom is -0.455 e. The second kappa shape index (κ2) is 9.57. The Balaban J connectivity index is 1.97. The molecule has 1 aliphatic rings. The first-order valence-electron chi connectivity index (χ1n) is 9.43. The summed E-state index contributed by atoms with van der Waals surface area (Å²) in [4.78, 5) is 27.1. The molecule has 0 spiro atoms. The van der Waals surface area contributed by atoms with Gasteiger partial charge in [0.15, 0.2) is 6.61 Å². The monoisotopic (exact) mass is 362 g/mol. The number of nitrogens with one attached hydrogen (secondary N) is 2. The number of quaternary nitrogens is 1. The molecule has 1 atom stereocenters. The molecule has 1 fully saturated rings. The summed E-state index contributed by atoms with van der Waals surface area (Å²) in [6.07, 6.45) is 2.45. The zero-order valence-electron chi connectivity index (χ0n) is 16.4. The van der Waals surface area contributed by atoms with Crippen LogP contribution < -0.4 is 15.1 Å². The number of esters is 1. The van der Waals surface area contributed by atoms with E-state index in [2.05, 4.69) is 34.5 Å². The molecule has 0 aromatic heterocycles. The van der Waals surface area contributed by atoms with Crippen molar-refractivity contribution < 1.29 is 19.2 Å². The Morgan fingerprint density at radius 3 is 2.31 bits per heavy atom. The molecule has 1 aromatic rings. The first kappa shape index (κ1) is 20.2. The van der Waals surface area contributed by atoms with Crippen LogP contribution in [0.25, 0.3) is 0 Å². The first-order valence-corrected chi connectivity index (χ1v) is 9.43. The number of anilines is 1. The summed E-state index contributed by atoms with van der Waals surface area (Å²) in [6.45, 7) is 6.10. The highest BCUT2D eigenvalue weighted by atomic mass is 16.5. The van der Waals surface area contributed by atoms with Gasteiger partial charge in [0.25, 0.3) is 5.91 Å². The van der Waals surface area contributed by atoms with Crippen LogP contribution in [-0.4, -0.2) is 52.2 Å². The topological polar surface area (TPSA) is 63.1 Å². The van der Waals surface area contributed by atoms with E-state index in [4.69, 9.17) is 4.74 Å². The molecule has 1 saturated heterocycles. The highest BCUT2D eigenvalue weighted by Gasteiger charge is 2.28. The third-order valence-corrected chi connectivity index (χ3v) is 4.87. The van der Waals surface area contributed by atoms with Gasteiger partial charge in [-0.15, -0.1) is 0 Å². The molecule has 1 heterocycles. The van der Waals surface area contributed by atoms with Crippen LogP contribution in [0.2, 0.25) is 0 Å². The fourth-order valence-corrected chi connectivity index (χ4v) is 3.25. The van der Waals surface area contributed by atoms with E-state index in [1.54, 1.807) is 13.8 Å². The Bertz CT molecular complexity index is 593. The van der Waals surface area contributed by atoms with E-state index < -0.39 is 0 Å². The maximum absolute atomic E-state index is 12.1. The van der Waals surface area contributed by atoms with Gasteiger partial charge in [-0.2, -0.15) is 0 Å².